The summed E-state index contributed by atoms with van der Waals surface area (Å²) in [5.74, 6) is -13.2. The summed E-state index contributed by atoms with van der Waals surface area (Å²) in [4.78, 5) is 182. The topological polar surface area (TPSA) is 700 Å². The van der Waals surface area contributed by atoms with Crippen LogP contribution in [-0.4, -0.2) is 609 Å². The fourth-order valence-corrected chi connectivity index (χ4v) is 12.8. The second-order valence-corrected chi connectivity index (χ2v) is 29.0. The van der Waals surface area contributed by atoms with E-state index in [-0.39, 0.29) is 232 Å². The first-order chi connectivity index (χ1) is 56.2. The van der Waals surface area contributed by atoms with Crippen LogP contribution >= 0.6 is 0 Å². The molecule has 0 aromatic carbocycles. The van der Waals surface area contributed by atoms with Crippen LogP contribution in [0.15, 0.2) is 0 Å². The Bertz CT molecular complexity index is 2820. The minimum absolute atomic E-state index is 0. The quantitative estimate of drug-likeness (QED) is 0.0227. The fourth-order valence-electron chi connectivity index (χ4n) is 12.8. The number of hydrogen-bond donors (Lipinski definition) is 15. The molecular weight excluding hydrogens is 1960 g/mol. The van der Waals surface area contributed by atoms with E-state index in [1.807, 2.05) is 14.7 Å². The number of β-amino-alcohol motifs (C(OH)–C–C–N with tert-alkyl or cyclic N) is 1. The molecule has 0 aliphatic carbocycles. The van der Waals surface area contributed by atoms with Crippen molar-refractivity contribution in [3.8, 4) is 0 Å². The van der Waals surface area contributed by atoms with Gasteiger partial charge in [0.15, 0.2) is 0 Å². The Kier molecular flexibility index (Phi) is 109. The van der Waals surface area contributed by atoms with Crippen molar-refractivity contribution in [2.45, 2.75) is 57.1 Å². The van der Waals surface area contributed by atoms with E-state index in [1.54, 1.807) is 65.7 Å². The Morgan fingerprint density at radius 2 is 0.311 bits per heavy atom. The van der Waals surface area contributed by atoms with Gasteiger partial charge in [-0.3, -0.25) is 141 Å². The maximum Gasteiger partial charge on any atom is 3.00 e. The molecule has 1 unspecified atom stereocenters. The van der Waals surface area contributed by atoms with Crippen LogP contribution in [-0.2, 0) is 152 Å². The number of aliphatic hydroxyl groups is 1. The maximum atomic E-state index is 11.1. The van der Waals surface area contributed by atoms with Gasteiger partial charge >= 0.3 is 101 Å². The van der Waals surface area contributed by atoms with Crippen molar-refractivity contribution in [2.75, 3.05) is 353 Å². The summed E-state index contributed by atoms with van der Waals surface area (Å²) in [7, 11) is 0. The Labute approximate surface area is 830 Å². The number of rotatable bonds is 31. The number of likely N-dealkylation sites (N-methyl/N-ethyl adjacent to an activating group) is 1. The molecule has 132 heavy (non-hydrogen) atoms. The van der Waals surface area contributed by atoms with Gasteiger partial charge in [0, 0.05) is 258 Å². The summed E-state index contributed by atoms with van der Waals surface area (Å²) in [6.07, 6.45) is -0.556. The molecule has 5 aliphatic rings. The Balaban J connectivity index is -0.000000120. The molecule has 55 heteroatoms. The summed E-state index contributed by atoms with van der Waals surface area (Å²) < 4.78 is 0. The molecule has 0 amide bonds. The molecule has 0 aromatic heterocycles. The SMILES string of the molecule is C.C.C.C.C.CC(O)CN1CCN(CC(=O)O)CCN(CC(=O)O)CCN(CC(=O)O)CC1.CCN1CCN(CC(=O)O)CCN(CC(=O)O)CC1.O.O.O=C(O)CN1CCN(CC(=O)O)CCN(CC(=O)O)CCN(CC(=O)O)CC1.O=C(O)CN1CC[N-]CCN(CC(=O)O)CCN(CC(=O)O)CC1.O=C(O)CN1CC[N-]CC[N-]CCN(CC(=O)O)CC1.[CH3-].[Mn+3].[Mn].[Mn].[Mn].[Mn]. The van der Waals surface area contributed by atoms with E-state index in [9.17, 15) is 72.2 Å². The molecule has 50 nitrogen and oxygen atoms in total. The molecule has 5 aliphatic heterocycles. The molecule has 0 bridgehead atoms. The van der Waals surface area contributed by atoms with Gasteiger partial charge in [-0.2, -0.15) is 13.1 Å². The Hall–Kier alpha value is -5.70. The van der Waals surface area contributed by atoms with Gasteiger partial charge < -0.3 is 116 Å². The van der Waals surface area contributed by atoms with Crippen LogP contribution in [0.3, 0.4) is 0 Å². The van der Waals surface area contributed by atoms with Gasteiger partial charge in [0.2, 0.25) is 0 Å². The van der Waals surface area contributed by atoms with Crippen LogP contribution in [0, 0.1) is 7.43 Å². The molecule has 5 heterocycles. The molecular formula is C77H157Mn5N19O31-. The van der Waals surface area contributed by atoms with Crippen LogP contribution < -0.4 is 0 Å². The van der Waals surface area contributed by atoms with Gasteiger partial charge in [0.1, 0.15) is 0 Å². The van der Waals surface area contributed by atoms with Gasteiger partial charge in [-0.05, 0) is 39.6 Å². The number of aliphatic hydroxyl groups excluding tert-OH is 1. The van der Waals surface area contributed by atoms with E-state index in [0.29, 0.717) is 242 Å². The van der Waals surface area contributed by atoms with Gasteiger partial charge in [0.05, 0.1) is 97.7 Å². The summed E-state index contributed by atoms with van der Waals surface area (Å²) in [5, 5.41) is 149. The van der Waals surface area contributed by atoms with Crippen molar-refractivity contribution < 1.29 is 240 Å². The third-order valence-corrected chi connectivity index (χ3v) is 19.0. The van der Waals surface area contributed by atoms with E-state index < -0.39 is 89.7 Å². The predicted molar refractivity (Wildman–Crippen MR) is 474 cm³/mol. The number of hydrogen-bond acceptors (Lipinski definition) is 31. The molecule has 1 atom stereocenters. The molecule has 4 radical (unpaired) electrons. The minimum Gasteiger partial charge on any atom is -0.663 e. The van der Waals surface area contributed by atoms with Crippen molar-refractivity contribution in [1.29, 1.82) is 0 Å². The second kappa shape index (κ2) is 93.0. The smallest absolute Gasteiger partial charge is 0.663 e. The molecule has 5 rings (SSSR count). The normalized spacial score (nSPS) is 18.3. The summed E-state index contributed by atoms with van der Waals surface area (Å²) in [6, 6.07) is 0. The summed E-state index contributed by atoms with van der Waals surface area (Å²) in [6.45, 7) is 21.6. The van der Waals surface area contributed by atoms with Crippen LogP contribution in [0.5, 0.6) is 0 Å². The van der Waals surface area contributed by atoms with E-state index in [2.05, 4.69) is 27.8 Å². The van der Waals surface area contributed by atoms with Crippen molar-refractivity contribution in [2.24, 2.45) is 0 Å². The van der Waals surface area contributed by atoms with Gasteiger partial charge in [0.25, 0.3) is 0 Å². The first-order valence-corrected chi connectivity index (χ1v) is 39.5. The van der Waals surface area contributed by atoms with E-state index in [4.69, 9.17) is 71.5 Å². The second-order valence-electron chi connectivity index (χ2n) is 29.0. The predicted octanol–water partition coefficient (Wildman–Crippen LogP) is -5.49. The van der Waals surface area contributed by atoms with Crippen LogP contribution in [0.2, 0.25) is 0 Å². The van der Waals surface area contributed by atoms with Crippen molar-refractivity contribution >= 4 is 83.6 Å². The van der Waals surface area contributed by atoms with Crippen molar-refractivity contribution in [3.63, 3.8) is 0 Å². The molecule has 0 saturated carbocycles. The fraction of sp³-hybridized carbons (Fsp3) is 0.805. The number of aliphatic carboxylic acids is 14. The molecule has 19 N–H and O–H groups in total. The van der Waals surface area contributed by atoms with Crippen LogP contribution in [0.25, 0.3) is 16.0 Å². The average molecular weight is 2120 g/mol. The van der Waals surface area contributed by atoms with Crippen molar-refractivity contribution in [3.05, 3.63) is 23.4 Å². The van der Waals surface area contributed by atoms with Crippen molar-refractivity contribution in [1.82, 2.24) is 78.4 Å². The maximum absolute atomic E-state index is 11.1. The van der Waals surface area contributed by atoms with Gasteiger partial charge in [-0.25, -0.2) is 0 Å². The summed E-state index contributed by atoms with van der Waals surface area (Å²) in [5.41, 5.74) is 0. The summed E-state index contributed by atoms with van der Waals surface area (Å²) >= 11 is 0. The number of carboxylic acid groups (broad SMARTS) is 14. The first-order valence-electron chi connectivity index (χ1n) is 39.5. The molecule has 5 saturated heterocycles. The van der Waals surface area contributed by atoms with E-state index >= 15 is 0 Å². The zero-order chi connectivity index (χ0) is 89.2. The van der Waals surface area contributed by atoms with Gasteiger partial charge in [-0.15, -0.1) is 26.2 Å². The zero-order valence-electron chi connectivity index (χ0n) is 72.6. The van der Waals surface area contributed by atoms with E-state index in [1.165, 1.54) is 0 Å². The van der Waals surface area contributed by atoms with Crippen LogP contribution in [0.4, 0.5) is 0 Å². The molecule has 782 valence electrons. The molecule has 0 spiro atoms. The molecule has 0 aromatic rings. The Morgan fingerprint density at radius 3 is 0.417 bits per heavy atom. The number of carboxylic acids is 14. The van der Waals surface area contributed by atoms with Crippen LogP contribution in [0.1, 0.15) is 51.0 Å². The monoisotopic (exact) mass is 2120 g/mol. The van der Waals surface area contributed by atoms with Gasteiger partial charge in [-0.1, -0.05) is 44.1 Å². The third-order valence-electron chi connectivity index (χ3n) is 19.0. The standard InChI is InChI=1S/C17H32N4O7.C16H28N4O8.C14H25N4O6.C12H22N4O4.C12H23N3O4.5CH4.CH3.5Mn.2H2O/c1-14(22)10-18-2-4-19(11-15(23)24)6-8-21(13-17(27)28)9-7-20(5-3-18)12-16(25)26;21-13(22)9-17-1-2-18(10-14(23)24)5-6-20(12-16(27)28)8-7-19(4-3-17)11-15(25)26;19-12(20)9-16-3-1-15-2-4-17(10-13(21)22)6-8-18(7-5-16)11-14(23)24;17-11(18)9-15-5-3-13-1-2-14-4-6-16(8-7-15)10-12(19)20;1-2-13-3-5-14(9-11(16)17)7-8-15(6-4-13)10-12(18)19;;;;;;;;;;;;;/h14,22H,2-13H2,1H3,(H,23,24)(H,25,26)(H,27,28);1-12H2,(H,21,22)(H,23,24)(H,25,26)(H,27,28);1-11H2,(H,19,20)(H,21,22)(H,23,24);1-10H2,(H,17,18)(H,19,20);2-10H2,1H3,(H,16,17)(H,18,19);5*1H4;1H3;;;;;;2*1H2/q;;-1;-2;;;;;;;-1;;;;;+3;;. The number of carbonyl (C=O) groups is 14. The zero-order valence-corrected chi connectivity index (χ0v) is 78.5. The number of nitrogens with zero attached hydrogens (tertiary/aromatic N) is 19. The van der Waals surface area contributed by atoms with E-state index in [0.717, 1.165) is 19.6 Å². The Morgan fingerprint density at radius 1 is 0.212 bits per heavy atom. The first kappa shape index (κ1) is 154. The largest absolute Gasteiger partial charge is 3.00 e. The molecule has 5 fully saturated rings. The average Bonchev–Trinajstić information content (AvgIpc) is 1.18. The third kappa shape index (κ3) is 89.5. The minimum atomic E-state index is -1.02.